The molecular weight excluding hydrogens is 304 g/mol. The molecule has 0 bridgehead atoms. The van der Waals surface area contributed by atoms with Crippen molar-refractivity contribution in [1.82, 2.24) is 0 Å². The van der Waals surface area contributed by atoms with E-state index in [1.807, 2.05) is 19.1 Å². The summed E-state index contributed by atoms with van der Waals surface area (Å²) in [6.45, 7) is 1.87. The molecule has 0 saturated carbocycles. The first-order valence-corrected chi connectivity index (χ1v) is 7.24. The highest BCUT2D eigenvalue weighted by molar-refractivity contribution is 7.67. The zero-order valence-electron chi connectivity index (χ0n) is 12.1. The molecule has 1 aliphatic rings. The van der Waals surface area contributed by atoms with Gasteiger partial charge in [-0.1, -0.05) is 30.4 Å². The van der Waals surface area contributed by atoms with Gasteiger partial charge in [-0.15, -0.1) is 0 Å². The molecule has 0 heterocycles. The number of carbonyl (C=O) groups is 1. The lowest BCUT2D eigenvalue weighted by Crippen LogP contribution is -2.38. The summed E-state index contributed by atoms with van der Waals surface area (Å²) < 4.78 is 11.3. The Labute approximate surface area is 131 Å². The van der Waals surface area contributed by atoms with E-state index in [9.17, 15) is 19.1 Å². The SMILES string of the molecule is Cc1ccccc1N(C)C(=O)C1C=CC=C([N+](=O)[O-])C1=S=O. The van der Waals surface area contributed by atoms with Crippen LogP contribution in [0.15, 0.2) is 48.2 Å². The maximum atomic E-state index is 12.6. The van der Waals surface area contributed by atoms with Gasteiger partial charge in [-0.2, -0.15) is 0 Å². The third kappa shape index (κ3) is 2.89. The largest absolute Gasteiger partial charge is 0.314 e. The maximum Gasteiger partial charge on any atom is 0.286 e. The van der Waals surface area contributed by atoms with Crippen LogP contribution < -0.4 is 4.90 Å². The number of hydrogen-bond donors (Lipinski definition) is 0. The lowest BCUT2D eigenvalue weighted by atomic mass is 9.96. The quantitative estimate of drug-likeness (QED) is 0.482. The lowest BCUT2D eigenvalue weighted by molar-refractivity contribution is -0.415. The molecule has 0 fully saturated rings. The Kier molecular flexibility index (Phi) is 4.67. The number of anilines is 1. The van der Waals surface area contributed by atoms with E-state index in [-0.39, 0.29) is 27.7 Å². The minimum absolute atomic E-state index is 0.00663. The van der Waals surface area contributed by atoms with Gasteiger partial charge in [0.25, 0.3) is 5.70 Å². The van der Waals surface area contributed by atoms with Crippen molar-refractivity contribution in [3.8, 4) is 0 Å². The second-order valence-electron chi connectivity index (χ2n) is 4.80. The lowest BCUT2D eigenvalue weighted by Gasteiger charge is -2.24. The molecule has 0 spiro atoms. The molecule has 22 heavy (non-hydrogen) atoms. The highest BCUT2D eigenvalue weighted by Gasteiger charge is 2.35. The van der Waals surface area contributed by atoms with Crippen molar-refractivity contribution in [2.75, 3.05) is 11.9 Å². The molecule has 114 valence electrons. The Morgan fingerprint density at radius 3 is 2.64 bits per heavy atom. The molecule has 1 amide bonds. The Bertz CT molecular complexity index is 748. The van der Waals surface area contributed by atoms with Crippen molar-refractivity contribution in [3.63, 3.8) is 0 Å². The number of benzene rings is 1. The van der Waals surface area contributed by atoms with Gasteiger partial charge in [0.2, 0.25) is 5.91 Å². The number of para-hydroxylation sites is 1. The van der Waals surface area contributed by atoms with Gasteiger partial charge in [0.1, 0.15) is 22.0 Å². The average molecular weight is 318 g/mol. The van der Waals surface area contributed by atoms with Crippen LogP contribution in [0.1, 0.15) is 5.56 Å². The molecule has 0 aromatic heterocycles. The average Bonchev–Trinajstić information content (AvgIpc) is 2.53. The normalized spacial score (nSPS) is 16.9. The van der Waals surface area contributed by atoms with E-state index in [0.29, 0.717) is 5.69 Å². The summed E-state index contributed by atoms with van der Waals surface area (Å²) in [7, 11) is 1.59. The van der Waals surface area contributed by atoms with E-state index in [0.717, 1.165) is 5.56 Å². The topological polar surface area (TPSA) is 80.5 Å². The fourth-order valence-corrected chi connectivity index (χ4v) is 2.80. The molecule has 7 heteroatoms. The molecule has 6 nitrogen and oxygen atoms in total. The van der Waals surface area contributed by atoms with Crippen molar-refractivity contribution < 1.29 is 13.9 Å². The minimum atomic E-state index is -0.933. The summed E-state index contributed by atoms with van der Waals surface area (Å²) in [5, 5.41) is 11.0. The number of amides is 1. The smallest absolute Gasteiger partial charge is 0.286 e. The first kappa shape index (κ1) is 15.8. The van der Waals surface area contributed by atoms with E-state index < -0.39 is 10.8 Å². The first-order valence-electron chi connectivity index (χ1n) is 6.50. The van der Waals surface area contributed by atoms with Gasteiger partial charge in [0.15, 0.2) is 0 Å². The van der Waals surface area contributed by atoms with Crippen LogP contribution in [0.3, 0.4) is 0 Å². The monoisotopic (exact) mass is 318 g/mol. The summed E-state index contributed by atoms with van der Waals surface area (Å²) in [5.74, 6) is -1.31. The molecule has 1 aromatic carbocycles. The summed E-state index contributed by atoms with van der Waals surface area (Å²) in [6.07, 6.45) is 4.17. The zero-order chi connectivity index (χ0) is 16.3. The molecule has 1 aromatic rings. The van der Waals surface area contributed by atoms with Crippen LogP contribution in [-0.4, -0.2) is 27.0 Å². The second kappa shape index (κ2) is 6.48. The molecule has 0 radical (unpaired) electrons. The van der Waals surface area contributed by atoms with Crippen LogP contribution in [0.25, 0.3) is 0 Å². The van der Waals surface area contributed by atoms with Gasteiger partial charge in [0, 0.05) is 18.8 Å². The first-order chi connectivity index (χ1) is 10.5. The van der Waals surface area contributed by atoms with E-state index >= 15 is 0 Å². The summed E-state index contributed by atoms with van der Waals surface area (Å²) in [6, 6.07) is 7.31. The number of allylic oxidation sites excluding steroid dienone is 3. The number of carbonyl (C=O) groups excluding carboxylic acids is 1. The molecule has 0 saturated heterocycles. The molecule has 2 rings (SSSR count). The molecule has 1 atom stereocenters. The van der Waals surface area contributed by atoms with Crippen molar-refractivity contribution in [3.05, 3.63) is 63.9 Å². The highest BCUT2D eigenvalue weighted by Crippen LogP contribution is 2.23. The molecule has 1 unspecified atom stereocenters. The predicted molar refractivity (Wildman–Crippen MR) is 85.4 cm³/mol. The third-order valence-corrected chi connectivity index (χ3v) is 4.10. The summed E-state index contributed by atoms with van der Waals surface area (Å²) in [5.41, 5.74) is 1.28. The number of hydrogen-bond acceptors (Lipinski definition) is 4. The molecule has 0 aliphatic heterocycles. The van der Waals surface area contributed by atoms with Crippen LogP contribution in [0.4, 0.5) is 5.69 Å². The minimum Gasteiger partial charge on any atom is -0.314 e. The van der Waals surface area contributed by atoms with Crippen molar-refractivity contribution in [2.45, 2.75) is 6.92 Å². The standard InChI is InChI=1S/C15H14N2O4S/c1-10-6-3-4-8-12(10)16(2)15(18)11-7-5-9-13(17(19)20)14(11)22-21/h3-9,11H,1-2H3. The Balaban J connectivity index is 2.36. The molecule has 1 aliphatic carbocycles. The zero-order valence-corrected chi connectivity index (χ0v) is 12.9. The third-order valence-electron chi connectivity index (χ3n) is 3.45. The Morgan fingerprint density at radius 1 is 1.36 bits per heavy atom. The molecule has 0 N–H and O–H groups in total. The van der Waals surface area contributed by atoms with Crippen LogP contribution >= 0.6 is 0 Å². The van der Waals surface area contributed by atoms with Crippen LogP contribution in [-0.2, 0) is 16.1 Å². The summed E-state index contributed by atoms with van der Waals surface area (Å²) in [4.78, 5) is 24.3. The summed E-state index contributed by atoms with van der Waals surface area (Å²) >= 11 is -0.00663. The predicted octanol–water partition coefficient (Wildman–Crippen LogP) is 1.69. The fraction of sp³-hybridized carbons (Fsp3) is 0.200. The fourth-order valence-electron chi connectivity index (χ4n) is 2.29. The number of nitro groups is 1. The Hall–Kier alpha value is -2.54. The van der Waals surface area contributed by atoms with Crippen molar-refractivity contribution in [2.24, 2.45) is 5.92 Å². The molecular formula is C15H14N2O4S. The van der Waals surface area contributed by atoms with E-state index in [4.69, 9.17) is 0 Å². The number of nitrogens with zero attached hydrogens (tertiary/aromatic N) is 2. The Morgan fingerprint density at radius 2 is 2.05 bits per heavy atom. The van der Waals surface area contributed by atoms with Gasteiger partial charge in [-0.3, -0.25) is 14.9 Å². The number of aryl methyl sites for hydroxylation is 1. The van der Waals surface area contributed by atoms with Crippen LogP contribution in [0.5, 0.6) is 0 Å². The highest BCUT2D eigenvalue weighted by atomic mass is 32.1. The second-order valence-corrected chi connectivity index (χ2v) is 5.41. The van der Waals surface area contributed by atoms with E-state index in [2.05, 4.69) is 0 Å². The van der Waals surface area contributed by atoms with Gasteiger partial charge in [0.05, 0.1) is 4.92 Å². The number of rotatable bonds is 3. The van der Waals surface area contributed by atoms with E-state index in [1.165, 1.54) is 23.1 Å². The van der Waals surface area contributed by atoms with Crippen LogP contribution in [0, 0.1) is 23.0 Å². The van der Waals surface area contributed by atoms with Gasteiger partial charge in [-0.25, -0.2) is 4.21 Å². The van der Waals surface area contributed by atoms with Crippen LogP contribution in [0.2, 0.25) is 0 Å². The van der Waals surface area contributed by atoms with Gasteiger partial charge < -0.3 is 4.90 Å². The maximum absolute atomic E-state index is 12.6. The van der Waals surface area contributed by atoms with E-state index in [1.54, 1.807) is 19.2 Å². The van der Waals surface area contributed by atoms with Gasteiger partial charge >= 0.3 is 0 Å². The van der Waals surface area contributed by atoms with Crippen molar-refractivity contribution in [1.29, 1.82) is 0 Å². The van der Waals surface area contributed by atoms with Gasteiger partial charge in [-0.05, 0) is 18.6 Å². The van der Waals surface area contributed by atoms with Crippen molar-refractivity contribution >= 4 is 27.7 Å².